The Balaban J connectivity index is 1.81. The Bertz CT molecular complexity index is 967. The van der Waals surface area contributed by atoms with E-state index in [4.69, 9.17) is 9.72 Å². The molecule has 1 aromatic carbocycles. The number of amides is 2. The van der Waals surface area contributed by atoms with Crippen LogP contribution in [0.3, 0.4) is 0 Å². The van der Waals surface area contributed by atoms with Crippen LogP contribution in [0.2, 0.25) is 0 Å². The van der Waals surface area contributed by atoms with Crippen LogP contribution >= 0.6 is 10.6 Å². The molecule has 1 fully saturated rings. The van der Waals surface area contributed by atoms with E-state index in [2.05, 4.69) is 22.1 Å². The van der Waals surface area contributed by atoms with E-state index >= 15 is 0 Å². The molecule has 11 heteroatoms. The lowest BCUT2D eigenvalue weighted by molar-refractivity contribution is 0.0985. The minimum absolute atomic E-state index is 0.0572. The summed E-state index contributed by atoms with van der Waals surface area (Å²) in [5.41, 5.74) is 2.02. The zero-order valence-corrected chi connectivity index (χ0v) is 21.4. The van der Waals surface area contributed by atoms with Crippen molar-refractivity contribution in [1.82, 2.24) is 19.8 Å². The highest BCUT2D eigenvalue weighted by Gasteiger charge is 2.22. The van der Waals surface area contributed by atoms with Crippen molar-refractivity contribution in [3.8, 4) is 11.4 Å². The lowest BCUT2D eigenvalue weighted by Gasteiger charge is -2.35. The third kappa shape index (κ3) is 7.54. The van der Waals surface area contributed by atoms with Crippen LogP contribution in [0, 0.1) is 0 Å². The molecule has 0 bridgehead atoms. The molecule has 2 heterocycles. The van der Waals surface area contributed by atoms with Gasteiger partial charge < -0.3 is 24.8 Å². The van der Waals surface area contributed by atoms with Crippen LogP contribution in [0.5, 0.6) is 0 Å². The zero-order valence-electron chi connectivity index (χ0n) is 20.6. The Morgan fingerprint density at radius 2 is 1.91 bits per heavy atom. The van der Waals surface area contributed by atoms with Crippen LogP contribution in [0.4, 0.5) is 16.3 Å². The van der Waals surface area contributed by atoms with Gasteiger partial charge in [-0.05, 0) is 45.3 Å². The van der Waals surface area contributed by atoms with E-state index in [9.17, 15) is 13.9 Å². The SMILES string of the molecule is C[C@H]1COCCN1c1cc(CS(C)(O)O)nc(-c2ccc(NC(=O)N(C)CCN(C)C)cc2)n1. The van der Waals surface area contributed by atoms with Gasteiger partial charge in [0.25, 0.3) is 0 Å². The number of ether oxygens (including phenoxy) is 1. The molecule has 0 spiro atoms. The molecule has 10 nitrogen and oxygen atoms in total. The predicted octanol–water partition coefficient (Wildman–Crippen LogP) is 3.27. The van der Waals surface area contributed by atoms with E-state index in [0.29, 0.717) is 43.5 Å². The molecule has 0 radical (unpaired) electrons. The first-order valence-electron chi connectivity index (χ1n) is 11.2. The second kappa shape index (κ2) is 11.3. The molecular weight excluding hydrogens is 456 g/mol. The number of carbonyl (C=O) groups excluding carboxylic acids is 1. The van der Waals surface area contributed by atoms with Gasteiger partial charge in [0.1, 0.15) is 5.82 Å². The van der Waals surface area contributed by atoms with Gasteiger partial charge in [-0.2, -0.15) is 10.6 Å². The van der Waals surface area contributed by atoms with Gasteiger partial charge in [-0.25, -0.2) is 14.8 Å². The third-order valence-electron chi connectivity index (χ3n) is 5.47. The number of urea groups is 1. The monoisotopic (exact) mass is 492 g/mol. The van der Waals surface area contributed by atoms with E-state index < -0.39 is 10.6 Å². The summed E-state index contributed by atoms with van der Waals surface area (Å²) in [5.74, 6) is 1.29. The maximum atomic E-state index is 12.4. The molecule has 1 aromatic heterocycles. The molecule has 3 rings (SSSR count). The van der Waals surface area contributed by atoms with Crippen LogP contribution in [0.25, 0.3) is 11.4 Å². The summed E-state index contributed by atoms with van der Waals surface area (Å²) in [6, 6.07) is 9.12. The summed E-state index contributed by atoms with van der Waals surface area (Å²) >= 11 is 0. The second-order valence-corrected chi connectivity index (χ2v) is 11.3. The first-order chi connectivity index (χ1) is 16.0. The van der Waals surface area contributed by atoms with Gasteiger partial charge >= 0.3 is 6.03 Å². The molecule has 1 aliphatic rings. The number of aromatic nitrogens is 2. The molecular formula is C23H36N6O4S. The number of hydrogen-bond donors (Lipinski definition) is 3. The van der Waals surface area contributed by atoms with Crippen molar-refractivity contribution in [2.45, 2.75) is 18.7 Å². The van der Waals surface area contributed by atoms with Crippen molar-refractivity contribution < 1.29 is 18.6 Å². The maximum Gasteiger partial charge on any atom is 0.321 e. The van der Waals surface area contributed by atoms with Gasteiger partial charge in [-0.1, -0.05) is 0 Å². The van der Waals surface area contributed by atoms with Crippen molar-refractivity contribution >= 4 is 28.1 Å². The zero-order chi connectivity index (χ0) is 24.9. The first-order valence-corrected chi connectivity index (χ1v) is 13.3. The Kier molecular flexibility index (Phi) is 8.72. The van der Waals surface area contributed by atoms with Crippen LogP contribution in [0.1, 0.15) is 12.6 Å². The smallest absolute Gasteiger partial charge is 0.321 e. The molecule has 1 aliphatic heterocycles. The highest BCUT2D eigenvalue weighted by atomic mass is 32.3. The molecule has 188 valence electrons. The Labute approximate surface area is 203 Å². The van der Waals surface area contributed by atoms with Crippen molar-refractivity contribution in [2.24, 2.45) is 0 Å². The Hall–Kier alpha value is -2.44. The normalized spacial score (nSPS) is 17.1. The number of benzene rings is 1. The molecule has 3 N–H and O–H groups in total. The van der Waals surface area contributed by atoms with Gasteiger partial charge in [-0.15, -0.1) is 0 Å². The topological polar surface area (TPSA) is 114 Å². The summed E-state index contributed by atoms with van der Waals surface area (Å²) in [7, 11) is 2.93. The standard InChI is InChI=1S/C23H36N6O4S/c1-17-15-33-13-12-29(17)21-14-20(16-34(5,31)32)24-22(26-21)18-6-8-19(9-7-18)25-23(30)28(4)11-10-27(2)3/h6-9,14,17,31-32H,10-13,15-16H2,1-5H3,(H,25,30)/t17-/m0/s1. The lowest BCUT2D eigenvalue weighted by Crippen LogP contribution is -2.44. The molecule has 34 heavy (non-hydrogen) atoms. The lowest BCUT2D eigenvalue weighted by atomic mass is 10.2. The number of hydrogen-bond acceptors (Lipinski definition) is 8. The van der Waals surface area contributed by atoms with Gasteiger partial charge in [0.2, 0.25) is 0 Å². The molecule has 2 amide bonds. The number of likely N-dealkylation sites (N-methyl/N-ethyl adjacent to an activating group) is 2. The third-order valence-corrected chi connectivity index (χ3v) is 6.32. The summed E-state index contributed by atoms with van der Waals surface area (Å²) in [6.45, 7) is 5.39. The average molecular weight is 493 g/mol. The van der Waals surface area contributed by atoms with E-state index in [-0.39, 0.29) is 17.8 Å². The van der Waals surface area contributed by atoms with E-state index in [1.807, 2.05) is 49.3 Å². The Morgan fingerprint density at radius 1 is 1.21 bits per heavy atom. The number of carbonyl (C=O) groups is 1. The van der Waals surface area contributed by atoms with Gasteiger partial charge in [0, 0.05) is 50.3 Å². The number of nitrogens with one attached hydrogen (secondary N) is 1. The molecule has 0 aliphatic carbocycles. The largest absolute Gasteiger partial charge is 0.377 e. The maximum absolute atomic E-state index is 12.4. The molecule has 0 saturated carbocycles. The van der Waals surface area contributed by atoms with Crippen molar-refractivity contribution in [2.75, 3.05) is 70.5 Å². The van der Waals surface area contributed by atoms with Gasteiger partial charge in [0.15, 0.2) is 5.82 Å². The summed E-state index contributed by atoms with van der Waals surface area (Å²) in [6.07, 6.45) is 1.42. The van der Waals surface area contributed by atoms with Crippen LogP contribution < -0.4 is 10.2 Å². The number of nitrogens with zero attached hydrogens (tertiary/aromatic N) is 5. The van der Waals surface area contributed by atoms with Crippen molar-refractivity contribution in [3.63, 3.8) is 0 Å². The quantitative estimate of drug-likeness (QED) is 0.514. The highest BCUT2D eigenvalue weighted by molar-refractivity contribution is 8.23. The molecule has 1 atom stereocenters. The van der Waals surface area contributed by atoms with Gasteiger partial charge in [-0.3, -0.25) is 9.11 Å². The highest BCUT2D eigenvalue weighted by Crippen LogP contribution is 2.38. The summed E-state index contributed by atoms with van der Waals surface area (Å²) in [5, 5.41) is 2.90. The number of rotatable bonds is 8. The number of anilines is 2. The number of morpholine rings is 1. The fourth-order valence-corrected chi connectivity index (χ4v) is 4.26. The van der Waals surface area contributed by atoms with Crippen molar-refractivity contribution in [1.29, 1.82) is 0 Å². The van der Waals surface area contributed by atoms with Crippen molar-refractivity contribution in [3.05, 3.63) is 36.0 Å². The van der Waals surface area contributed by atoms with E-state index in [1.165, 1.54) is 6.26 Å². The van der Waals surface area contributed by atoms with E-state index in [0.717, 1.165) is 17.9 Å². The first kappa shape index (κ1) is 26.2. The fourth-order valence-electron chi connectivity index (χ4n) is 3.55. The minimum atomic E-state index is -2.76. The summed E-state index contributed by atoms with van der Waals surface area (Å²) < 4.78 is 25.6. The fraction of sp³-hybridized carbons (Fsp3) is 0.522. The second-order valence-electron chi connectivity index (χ2n) is 9.03. The molecule has 2 aromatic rings. The van der Waals surface area contributed by atoms with E-state index in [1.54, 1.807) is 11.9 Å². The minimum Gasteiger partial charge on any atom is -0.377 e. The molecule has 0 unspecified atom stereocenters. The van der Waals surface area contributed by atoms with Crippen LogP contribution in [0.15, 0.2) is 30.3 Å². The molecule has 1 saturated heterocycles. The predicted molar refractivity (Wildman–Crippen MR) is 138 cm³/mol. The summed E-state index contributed by atoms with van der Waals surface area (Å²) in [4.78, 5) is 27.6. The van der Waals surface area contributed by atoms with Crippen LogP contribution in [-0.2, 0) is 10.5 Å². The van der Waals surface area contributed by atoms with Crippen LogP contribution in [-0.4, -0.2) is 101 Å². The Morgan fingerprint density at radius 3 is 2.53 bits per heavy atom. The average Bonchev–Trinajstić information content (AvgIpc) is 2.76. The van der Waals surface area contributed by atoms with Gasteiger partial charge in [0.05, 0.1) is 30.7 Å².